The zero-order valence-electron chi connectivity index (χ0n) is 10.9. The van der Waals surface area contributed by atoms with E-state index in [1.165, 1.54) is 36.1 Å². The van der Waals surface area contributed by atoms with Crippen molar-refractivity contribution in [3.8, 4) is 0 Å². The lowest BCUT2D eigenvalue weighted by molar-refractivity contribution is 0.482. The van der Waals surface area contributed by atoms with Gasteiger partial charge in [-0.2, -0.15) is 11.8 Å². The van der Waals surface area contributed by atoms with Crippen molar-refractivity contribution in [2.45, 2.75) is 32.2 Å². The molecule has 1 fully saturated rings. The van der Waals surface area contributed by atoms with Gasteiger partial charge in [-0.3, -0.25) is 0 Å². The second kappa shape index (κ2) is 6.46. The topological polar surface area (TPSA) is 12.0 Å². The molecule has 94 valence electrons. The van der Waals surface area contributed by atoms with Crippen LogP contribution >= 0.6 is 11.8 Å². The predicted molar refractivity (Wildman–Crippen MR) is 77.6 cm³/mol. The van der Waals surface area contributed by atoms with Gasteiger partial charge in [0.15, 0.2) is 0 Å². The molecule has 1 aliphatic carbocycles. The molecule has 1 atom stereocenters. The SMILES string of the molecule is CSCCCNC(c1ccc(C)cc1)C1CC1. The number of hydrogen-bond donors (Lipinski definition) is 1. The number of rotatable bonds is 7. The lowest BCUT2D eigenvalue weighted by Crippen LogP contribution is -2.24. The zero-order valence-corrected chi connectivity index (χ0v) is 11.7. The average Bonchev–Trinajstić information content (AvgIpc) is 3.15. The first-order valence-corrected chi connectivity index (χ1v) is 7.99. The van der Waals surface area contributed by atoms with Crippen molar-refractivity contribution in [1.82, 2.24) is 5.32 Å². The maximum Gasteiger partial charge on any atom is 0.0348 e. The van der Waals surface area contributed by atoms with Crippen molar-refractivity contribution < 1.29 is 0 Å². The first-order chi connectivity index (χ1) is 8.31. The minimum Gasteiger partial charge on any atom is -0.310 e. The Morgan fingerprint density at radius 1 is 1.29 bits per heavy atom. The summed E-state index contributed by atoms with van der Waals surface area (Å²) < 4.78 is 0. The largest absolute Gasteiger partial charge is 0.310 e. The molecule has 0 spiro atoms. The molecule has 1 aromatic rings. The Morgan fingerprint density at radius 3 is 2.59 bits per heavy atom. The molecule has 0 amide bonds. The number of benzene rings is 1. The standard InChI is InChI=1S/C15H23NS/c1-12-4-6-13(7-5-12)15(14-8-9-14)16-10-3-11-17-2/h4-7,14-16H,3,8-11H2,1-2H3. The molecule has 1 aliphatic rings. The van der Waals surface area contributed by atoms with Gasteiger partial charge in [0.05, 0.1) is 0 Å². The van der Waals surface area contributed by atoms with Crippen LogP contribution in [0.15, 0.2) is 24.3 Å². The van der Waals surface area contributed by atoms with E-state index in [1.54, 1.807) is 0 Å². The monoisotopic (exact) mass is 249 g/mol. The van der Waals surface area contributed by atoms with Crippen LogP contribution in [0.2, 0.25) is 0 Å². The van der Waals surface area contributed by atoms with Crippen LogP contribution in [0.3, 0.4) is 0 Å². The van der Waals surface area contributed by atoms with Gasteiger partial charge in [-0.05, 0) is 56.2 Å². The third-order valence-electron chi connectivity index (χ3n) is 3.42. The summed E-state index contributed by atoms with van der Waals surface area (Å²) in [6, 6.07) is 9.64. The van der Waals surface area contributed by atoms with Crippen LogP contribution in [0.4, 0.5) is 0 Å². The van der Waals surface area contributed by atoms with Crippen LogP contribution in [-0.4, -0.2) is 18.6 Å². The summed E-state index contributed by atoms with van der Waals surface area (Å²) in [4.78, 5) is 0. The maximum atomic E-state index is 3.74. The smallest absolute Gasteiger partial charge is 0.0348 e. The second-order valence-electron chi connectivity index (χ2n) is 5.03. The fourth-order valence-electron chi connectivity index (χ4n) is 2.23. The molecule has 2 heteroatoms. The van der Waals surface area contributed by atoms with Crippen LogP contribution in [0.25, 0.3) is 0 Å². The quantitative estimate of drug-likeness (QED) is 0.738. The van der Waals surface area contributed by atoms with Gasteiger partial charge in [0.1, 0.15) is 0 Å². The Morgan fingerprint density at radius 2 is 2.00 bits per heavy atom. The van der Waals surface area contributed by atoms with E-state index in [0.29, 0.717) is 6.04 Å². The van der Waals surface area contributed by atoms with E-state index in [2.05, 4.69) is 42.8 Å². The summed E-state index contributed by atoms with van der Waals surface area (Å²) in [5, 5.41) is 3.74. The summed E-state index contributed by atoms with van der Waals surface area (Å²) in [5.74, 6) is 2.14. The molecule has 0 bridgehead atoms. The second-order valence-corrected chi connectivity index (χ2v) is 6.01. The summed E-state index contributed by atoms with van der Waals surface area (Å²) >= 11 is 1.94. The van der Waals surface area contributed by atoms with E-state index in [1.807, 2.05) is 11.8 Å². The van der Waals surface area contributed by atoms with Crippen molar-refractivity contribution in [3.05, 3.63) is 35.4 Å². The van der Waals surface area contributed by atoms with Crippen LogP contribution < -0.4 is 5.32 Å². The molecule has 1 N–H and O–H groups in total. The molecule has 1 nitrogen and oxygen atoms in total. The van der Waals surface area contributed by atoms with Crippen molar-refractivity contribution >= 4 is 11.8 Å². The highest BCUT2D eigenvalue weighted by molar-refractivity contribution is 7.98. The number of thioether (sulfide) groups is 1. The highest BCUT2D eigenvalue weighted by Crippen LogP contribution is 2.40. The Labute approximate surface area is 109 Å². The molecule has 17 heavy (non-hydrogen) atoms. The first-order valence-electron chi connectivity index (χ1n) is 6.60. The molecule has 1 saturated carbocycles. The average molecular weight is 249 g/mol. The van der Waals surface area contributed by atoms with Crippen LogP contribution in [-0.2, 0) is 0 Å². The van der Waals surface area contributed by atoms with E-state index < -0.39 is 0 Å². The molecule has 0 saturated heterocycles. The molecule has 1 unspecified atom stereocenters. The van der Waals surface area contributed by atoms with Crippen LogP contribution in [0.1, 0.15) is 36.4 Å². The van der Waals surface area contributed by atoms with Gasteiger partial charge in [0, 0.05) is 6.04 Å². The Balaban J connectivity index is 1.90. The maximum absolute atomic E-state index is 3.74. The van der Waals surface area contributed by atoms with Gasteiger partial charge in [0.25, 0.3) is 0 Å². The normalized spacial score (nSPS) is 17.1. The summed E-state index contributed by atoms with van der Waals surface area (Å²) in [6.45, 7) is 3.30. The lowest BCUT2D eigenvalue weighted by Gasteiger charge is -2.19. The fraction of sp³-hybridized carbons (Fsp3) is 0.600. The van der Waals surface area contributed by atoms with E-state index in [-0.39, 0.29) is 0 Å². The predicted octanol–water partition coefficient (Wildman–Crippen LogP) is 3.79. The molecule has 1 aromatic carbocycles. The summed E-state index contributed by atoms with van der Waals surface area (Å²) in [6.07, 6.45) is 6.25. The van der Waals surface area contributed by atoms with Crippen molar-refractivity contribution in [2.24, 2.45) is 5.92 Å². The minimum atomic E-state index is 0.595. The van der Waals surface area contributed by atoms with E-state index in [4.69, 9.17) is 0 Å². The molecular weight excluding hydrogens is 226 g/mol. The van der Waals surface area contributed by atoms with E-state index >= 15 is 0 Å². The van der Waals surface area contributed by atoms with E-state index in [0.717, 1.165) is 12.5 Å². The number of hydrogen-bond acceptors (Lipinski definition) is 2. The lowest BCUT2D eigenvalue weighted by atomic mass is 10.0. The molecular formula is C15H23NS. The molecule has 0 radical (unpaired) electrons. The molecule has 2 rings (SSSR count). The van der Waals surface area contributed by atoms with Crippen molar-refractivity contribution in [3.63, 3.8) is 0 Å². The van der Waals surface area contributed by atoms with Gasteiger partial charge < -0.3 is 5.32 Å². The fourth-order valence-corrected chi connectivity index (χ4v) is 2.67. The van der Waals surface area contributed by atoms with Gasteiger partial charge in [0.2, 0.25) is 0 Å². The van der Waals surface area contributed by atoms with Crippen LogP contribution in [0, 0.1) is 12.8 Å². The highest BCUT2D eigenvalue weighted by atomic mass is 32.2. The van der Waals surface area contributed by atoms with Gasteiger partial charge in [-0.1, -0.05) is 29.8 Å². The zero-order chi connectivity index (χ0) is 12.1. The molecule has 0 aliphatic heterocycles. The summed E-state index contributed by atoms with van der Waals surface area (Å²) in [7, 11) is 0. The summed E-state index contributed by atoms with van der Waals surface area (Å²) in [5.41, 5.74) is 2.83. The number of aryl methyl sites for hydroxylation is 1. The van der Waals surface area contributed by atoms with Crippen molar-refractivity contribution in [2.75, 3.05) is 18.6 Å². The third-order valence-corrected chi connectivity index (χ3v) is 4.12. The van der Waals surface area contributed by atoms with Gasteiger partial charge in [-0.15, -0.1) is 0 Å². The molecule has 0 heterocycles. The Bertz CT molecular complexity index is 329. The Hall–Kier alpha value is -0.470. The Kier molecular flexibility index (Phi) is 4.93. The van der Waals surface area contributed by atoms with Gasteiger partial charge >= 0.3 is 0 Å². The van der Waals surface area contributed by atoms with Crippen LogP contribution in [0.5, 0.6) is 0 Å². The molecule has 0 aromatic heterocycles. The van der Waals surface area contributed by atoms with E-state index in [9.17, 15) is 0 Å². The minimum absolute atomic E-state index is 0.595. The van der Waals surface area contributed by atoms with Gasteiger partial charge in [-0.25, -0.2) is 0 Å². The number of nitrogens with one attached hydrogen (secondary N) is 1. The third kappa shape index (κ3) is 4.04. The first kappa shape index (κ1) is 13.0. The van der Waals surface area contributed by atoms with Crippen molar-refractivity contribution in [1.29, 1.82) is 0 Å². The highest BCUT2D eigenvalue weighted by Gasteiger charge is 2.31.